The number of rotatable bonds is 4. The molecule has 2 fully saturated rings. The number of ether oxygens (including phenoxy) is 1. The number of carboxylic acid groups (broad SMARTS) is 1. The van der Waals surface area contributed by atoms with Crippen molar-refractivity contribution >= 4 is 12.0 Å². The van der Waals surface area contributed by atoms with Crippen LogP contribution < -0.4 is 10.6 Å². The van der Waals surface area contributed by atoms with Crippen molar-refractivity contribution in [3.8, 4) is 0 Å². The summed E-state index contributed by atoms with van der Waals surface area (Å²) in [6, 6.07) is -0.559. The van der Waals surface area contributed by atoms with Crippen molar-refractivity contribution in [2.75, 3.05) is 19.8 Å². The minimum absolute atomic E-state index is 0.272. The molecule has 0 aromatic heterocycles. The second-order valence-corrected chi connectivity index (χ2v) is 5.75. The molecular formula is C13H22N2O4. The van der Waals surface area contributed by atoms with E-state index >= 15 is 0 Å². The predicted molar refractivity (Wildman–Crippen MR) is 68.8 cm³/mol. The molecule has 3 atom stereocenters. The van der Waals surface area contributed by atoms with Crippen LogP contribution in [0.4, 0.5) is 4.79 Å². The Morgan fingerprint density at radius 2 is 2.21 bits per heavy atom. The summed E-state index contributed by atoms with van der Waals surface area (Å²) < 4.78 is 5.24. The van der Waals surface area contributed by atoms with Gasteiger partial charge in [-0.25, -0.2) is 4.79 Å². The maximum Gasteiger partial charge on any atom is 0.315 e. The molecule has 1 aliphatic carbocycles. The molecule has 2 aliphatic rings. The van der Waals surface area contributed by atoms with E-state index in [0.29, 0.717) is 25.5 Å². The Kier molecular flexibility index (Phi) is 4.29. The quantitative estimate of drug-likeness (QED) is 0.710. The van der Waals surface area contributed by atoms with Crippen LogP contribution >= 0.6 is 0 Å². The van der Waals surface area contributed by atoms with Gasteiger partial charge in [0.05, 0.1) is 12.0 Å². The van der Waals surface area contributed by atoms with Crippen molar-refractivity contribution in [2.45, 2.75) is 38.6 Å². The number of carbonyl (C=O) groups is 2. The summed E-state index contributed by atoms with van der Waals surface area (Å²) in [6.45, 7) is 3.74. The van der Waals surface area contributed by atoms with E-state index in [4.69, 9.17) is 4.74 Å². The van der Waals surface area contributed by atoms with E-state index in [1.165, 1.54) is 0 Å². The number of aliphatic carboxylic acids is 1. The van der Waals surface area contributed by atoms with E-state index in [1.807, 2.05) is 0 Å². The van der Waals surface area contributed by atoms with Gasteiger partial charge < -0.3 is 20.5 Å². The lowest BCUT2D eigenvalue weighted by Gasteiger charge is -2.27. The summed E-state index contributed by atoms with van der Waals surface area (Å²) in [5.41, 5.74) is -0.839. The first-order valence-electron chi connectivity index (χ1n) is 6.88. The molecule has 2 amide bonds. The lowest BCUT2D eigenvalue weighted by molar-refractivity contribution is -0.148. The van der Waals surface area contributed by atoms with Gasteiger partial charge in [0.15, 0.2) is 0 Å². The third-order valence-electron chi connectivity index (χ3n) is 4.33. The van der Waals surface area contributed by atoms with Gasteiger partial charge in [-0.05, 0) is 26.2 Å². The average Bonchev–Trinajstić information content (AvgIpc) is 2.98. The van der Waals surface area contributed by atoms with Gasteiger partial charge in [-0.1, -0.05) is 6.42 Å². The molecule has 1 saturated heterocycles. The third-order valence-corrected chi connectivity index (χ3v) is 4.33. The minimum atomic E-state index is -0.839. The van der Waals surface area contributed by atoms with Crippen LogP contribution in [0.5, 0.6) is 0 Å². The maximum atomic E-state index is 11.8. The molecule has 19 heavy (non-hydrogen) atoms. The molecule has 0 aromatic rings. The van der Waals surface area contributed by atoms with Gasteiger partial charge in [-0.2, -0.15) is 0 Å². The number of amides is 2. The van der Waals surface area contributed by atoms with Crippen molar-refractivity contribution in [2.24, 2.45) is 11.3 Å². The lowest BCUT2D eigenvalue weighted by atomic mass is 9.85. The van der Waals surface area contributed by atoms with E-state index in [2.05, 4.69) is 10.6 Å². The van der Waals surface area contributed by atoms with Crippen LogP contribution in [0.1, 0.15) is 32.6 Å². The first kappa shape index (κ1) is 14.1. The van der Waals surface area contributed by atoms with Crippen LogP contribution in [0.25, 0.3) is 0 Å². The molecular weight excluding hydrogens is 248 g/mol. The van der Waals surface area contributed by atoms with Gasteiger partial charge in [-0.15, -0.1) is 0 Å². The fourth-order valence-corrected chi connectivity index (χ4v) is 2.84. The van der Waals surface area contributed by atoms with Crippen molar-refractivity contribution < 1.29 is 19.4 Å². The molecule has 0 spiro atoms. The molecule has 0 bridgehead atoms. The fourth-order valence-electron chi connectivity index (χ4n) is 2.84. The lowest BCUT2D eigenvalue weighted by Crippen LogP contribution is -2.50. The largest absolute Gasteiger partial charge is 0.481 e. The van der Waals surface area contributed by atoms with E-state index in [1.54, 1.807) is 6.92 Å². The van der Waals surface area contributed by atoms with Gasteiger partial charge in [0.1, 0.15) is 0 Å². The third kappa shape index (κ3) is 3.18. The van der Waals surface area contributed by atoms with Gasteiger partial charge in [0.25, 0.3) is 0 Å². The molecule has 3 N–H and O–H groups in total. The van der Waals surface area contributed by atoms with Gasteiger partial charge >= 0.3 is 12.0 Å². The van der Waals surface area contributed by atoms with Crippen molar-refractivity contribution in [1.29, 1.82) is 0 Å². The highest BCUT2D eigenvalue weighted by atomic mass is 16.5. The Hall–Kier alpha value is -1.30. The van der Waals surface area contributed by atoms with Crippen LogP contribution in [0.3, 0.4) is 0 Å². The van der Waals surface area contributed by atoms with E-state index in [0.717, 1.165) is 25.9 Å². The Balaban J connectivity index is 1.79. The summed E-state index contributed by atoms with van der Waals surface area (Å²) >= 11 is 0. The number of urea groups is 1. The zero-order valence-corrected chi connectivity index (χ0v) is 11.3. The van der Waals surface area contributed by atoms with Crippen LogP contribution in [-0.2, 0) is 9.53 Å². The van der Waals surface area contributed by atoms with Crippen LogP contribution in [0, 0.1) is 11.3 Å². The Morgan fingerprint density at radius 1 is 1.42 bits per heavy atom. The molecule has 2 rings (SSSR count). The topological polar surface area (TPSA) is 87.7 Å². The van der Waals surface area contributed by atoms with Gasteiger partial charge in [-0.3, -0.25) is 4.79 Å². The maximum absolute atomic E-state index is 11.8. The molecule has 108 valence electrons. The smallest absolute Gasteiger partial charge is 0.315 e. The zero-order valence-electron chi connectivity index (χ0n) is 11.3. The van der Waals surface area contributed by atoms with Crippen molar-refractivity contribution in [3.05, 3.63) is 0 Å². The SMILES string of the molecule is CC1(C(=O)O)CCCC1NC(=O)NCC1CCOC1. The number of carboxylic acids is 1. The molecule has 0 radical (unpaired) electrons. The number of hydrogen-bond donors (Lipinski definition) is 3. The second-order valence-electron chi connectivity index (χ2n) is 5.75. The standard InChI is InChI=1S/C13H22N2O4/c1-13(11(16)17)5-2-3-10(13)15-12(18)14-7-9-4-6-19-8-9/h9-10H,2-8H2,1H3,(H,16,17)(H2,14,15,18). The van der Waals surface area contributed by atoms with E-state index < -0.39 is 11.4 Å². The molecule has 6 nitrogen and oxygen atoms in total. The average molecular weight is 270 g/mol. The molecule has 0 aromatic carbocycles. The molecule has 1 heterocycles. The molecule has 1 saturated carbocycles. The number of hydrogen-bond acceptors (Lipinski definition) is 3. The predicted octanol–water partition coefficient (Wildman–Crippen LogP) is 0.965. The van der Waals surface area contributed by atoms with Crippen LogP contribution in [0.2, 0.25) is 0 Å². The summed E-state index contributed by atoms with van der Waals surface area (Å²) in [5.74, 6) is -0.459. The Morgan fingerprint density at radius 3 is 2.84 bits per heavy atom. The number of carbonyl (C=O) groups excluding carboxylic acids is 1. The van der Waals surface area contributed by atoms with Gasteiger partial charge in [0.2, 0.25) is 0 Å². The normalized spacial score (nSPS) is 34.2. The van der Waals surface area contributed by atoms with Gasteiger partial charge in [0, 0.05) is 25.1 Å². The van der Waals surface area contributed by atoms with E-state index in [-0.39, 0.29) is 12.1 Å². The second kappa shape index (κ2) is 5.77. The first-order valence-corrected chi connectivity index (χ1v) is 6.88. The molecule has 6 heteroatoms. The minimum Gasteiger partial charge on any atom is -0.481 e. The van der Waals surface area contributed by atoms with Crippen molar-refractivity contribution in [1.82, 2.24) is 10.6 Å². The Bertz CT molecular complexity index is 355. The zero-order chi connectivity index (χ0) is 13.9. The molecule has 3 unspecified atom stereocenters. The summed E-state index contributed by atoms with van der Waals surface area (Å²) in [7, 11) is 0. The monoisotopic (exact) mass is 270 g/mol. The van der Waals surface area contributed by atoms with Crippen LogP contribution in [0.15, 0.2) is 0 Å². The fraction of sp³-hybridized carbons (Fsp3) is 0.846. The molecule has 1 aliphatic heterocycles. The highest BCUT2D eigenvalue weighted by Gasteiger charge is 2.45. The highest BCUT2D eigenvalue weighted by Crippen LogP contribution is 2.38. The Labute approximate surface area is 112 Å². The summed E-state index contributed by atoms with van der Waals surface area (Å²) in [5, 5.41) is 14.9. The van der Waals surface area contributed by atoms with Crippen LogP contribution in [-0.4, -0.2) is 42.9 Å². The first-order chi connectivity index (χ1) is 9.02. The van der Waals surface area contributed by atoms with E-state index in [9.17, 15) is 14.7 Å². The van der Waals surface area contributed by atoms with Crippen molar-refractivity contribution in [3.63, 3.8) is 0 Å². The highest BCUT2D eigenvalue weighted by molar-refractivity contribution is 5.79. The summed E-state index contributed by atoms with van der Waals surface area (Å²) in [6.07, 6.45) is 3.15. The summed E-state index contributed by atoms with van der Waals surface area (Å²) in [4.78, 5) is 23.1. The number of nitrogens with one attached hydrogen (secondary N) is 2.